The van der Waals surface area contributed by atoms with Crippen LogP contribution in [0.3, 0.4) is 0 Å². The highest BCUT2D eigenvalue weighted by Gasteiger charge is 2.16. The van der Waals surface area contributed by atoms with Crippen LogP contribution >= 0.6 is 23.1 Å². The van der Waals surface area contributed by atoms with E-state index in [4.69, 9.17) is 0 Å². The Hall–Kier alpha value is -2.06. The Kier molecular flexibility index (Phi) is 4.27. The molecule has 0 aliphatic rings. The average molecular weight is 352 g/mol. The summed E-state index contributed by atoms with van der Waals surface area (Å²) in [5, 5.41) is 2.64. The van der Waals surface area contributed by atoms with E-state index >= 15 is 0 Å². The summed E-state index contributed by atoms with van der Waals surface area (Å²) in [6, 6.07) is 4.43. The highest BCUT2D eigenvalue weighted by Crippen LogP contribution is 2.22. The number of halogens is 2. The fourth-order valence-corrected chi connectivity index (χ4v) is 3.69. The number of ketones is 1. The minimum absolute atomic E-state index is 0.141. The number of nitrogens with zero attached hydrogens (tertiary/aromatic N) is 2. The molecule has 0 amide bonds. The van der Waals surface area contributed by atoms with E-state index in [9.17, 15) is 18.4 Å². The summed E-state index contributed by atoms with van der Waals surface area (Å²) in [6.07, 6.45) is 0. The molecule has 23 heavy (non-hydrogen) atoms. The minimum atomic E-state index is -0.771. The molecule has 2 heterocycles. The standard InChI is InChI=1S/C15H10F2N2O2S2/c1-19-14(21)9-4-5-22-13(9)18-15(19)23-7-12(20)10-6-8(16)2-3-11(10)17/h2-6H,7H2,1H3. The monoisotopic (exact) mass is 352 g/mol. The van der Waals surface area contributed by atoms with Crippen molar-refractivity contribution in [3.63, 3.8) is 0 Å². The van der Waals surface area contributed by atoms with Crippen molar-refractivity contribution in [2.45, 2.75) is 5.16 Å². The zero-order valence-electron chi connectivity index (χ0n) is 11.9. The Labute approximate surface area is 137 Å². The number of hydrogen-bond acceptors (Lipinski definition) is 5. The summed E-state index contributed by atoms with van der Waals surface area (Å²) in [5.74, 6) is -2.15. The molecule has 1 aromatic carbocycles. The molecule has 0 unspecified atom stereocenters. The second kappa shape index (κ2) is 6.21. The molecule has 118 valence electrons. The van der Waals surface area contributed by atoms with Crippen molar-refractivity contribution >= 4 is 39.1 Å². The number of thioether (sulfide) groups is 1. The van der Waals surface area contributed by atoms with E-state index in [-0.39, 0.29) is 16.9 Å². The van der Waals surface area contributed by atoms with Crippen molar-refractivity contribution in [3.05, 3.63) is 57.2 Å². The molecule has 0 aliphatic heterocycles. The Morgan fingerprint density at radius 1 is 1.35 bits per heavy atom. The van der Waals surface area contributed by atoms with E-state index < -0.39 is 17.4 Å². The number of Topliss-reactive ketones (excluding diaryl/α,β-unsaturated/α-hetero) is 1. The first-order valence-electron chi connectivity index (χ1n) is 6.52. The molecular weight excluding hydrogens is 342 g/mol. The predicted molar refractivity (Wildman–Crippen MR) is 86.3 cm³/mol. The van der Waals surface area contributed by atoms with Crippen LogP contribution in [0.25, 0.3) is 10.2 Å². The molecule has 0 saturated heterocycles. The number of hydrogen-bond donors (Lipinski definition) is 0. The summed E-state index contributed by atoms with van der Waals surface area (Å²) in [6.45, 7) is 0. The third-order valence-corrected chi connectivity index (χ3v) is 5.06. The van der Waals surface area contributed by atoms with Gasteiger partial charge in [0.05, 0.1) is 16.7 Å². The van der Waals surface area contributed by atoms with Crippen LogP contribution in [0.1, 0.15) is 10.4 Å². The third kappa shape index (κ3) is 3.04. The second-order valence-corrected chi connectivity index (χ2v) is 6.57. The SMILES string of the molecule is Cn1c(SCC(=O)c2cc(F)ccc2F)nc2sccc2c1=O. The summed E-state index contributed by atoms with van der Waals surface area (Å²) in [7, 11) is 1.56. The average Bonchev–Trinajstić information content (AvgIpc) is 3.00. The van der Waals surface area contributed by atoms with Crippen molar-refractivity contribution in [1.29, 1.82) is 0 Å². The largest absolute Gasteiger partial charge is 0.293 e. The van der Waals surface area contributed by atoms with Crippen LogP contribution in [0, 0.1) is 11.6 Å². The molecule has 4 nitrogen and oxygen atoms in total. The lowest BCUT2D eigenvalue weighted by Gasteiger charge is -2.07. The molecule has 0 spiro atoms. The minimum Gasteiger partial charge on any atom is -0.293 e. The van der Waals surface area contributed by atoms with Gasteiger partial charge in [0.25, 0.3) is 5.56 Å². The Balaban J connectivity index is 1.86. The van der Waals surface area contributed by atoms with Crippen LogP contribution < -0.4 is 5.56 Å². The van der Waals surface area contributed by atoms with E-state index in [1.165, 1.54) is 15.9 Å². The maximum atomic E-state index is 13.6. The zero-order chi connectivity index (χ0) is 16.6. The zero-order valence-corrected chi connectivity index (χ0v) is 13.5. The fourth-order valence-electron chi connectivity index (χ4n) is 2.03. The first kappa shape index (κ1) is 15.8. The first-order chi connectivity index (χ1) is 11.0. The van der Waals surface area contributed by atoms with Gasteiger partial charge in [0.1, 0.15) is 16.5 Å². The van der Waals surface area contributed by atoms with Crippen molar-refractivity contribution in [1.82, 2.24) is 9.55 Å². The number of benzene rings is 1. The predicted octanol–water partition coefficient (Wildman–Crippen LogP) is 3.25. The molecule has 3 rings (SSSR count). The Bertz CT molecular complexity index is 966. The van der Waals surface area contributed by atoms with E-state index in [0.717, 1.165) is 30.0 Å². The molecule has 0 saturated carbocycles. The second-order valence-electron chi connectivity index (χ2n) is 4.73. The van der Waals surface area contributed by atoms with Crippen LogP contribution in [0.5, 0.6) is 0 Å². The van der Waals surface area contributed by atoms with E-state index in [1.807, 2.05) is 0 Å². The lowest BCUT2D eigenvalue weighted by molar-refractivity contribution is 0.101. The molecule has 0 fully saturated rings. The molecule has 0 bridgehead atoms. The maximum Gasteiger partial charge on any atom is 0.262 e. The van der Waals surface area contributed by atoms with Crippen LogP contribution in [0.15, 0.2) is 39.6 Å². The quantitative estimate of drug-likeness (QED) is 0.411. The lowest BCUT2D eigenvalue weighted by atomic mass is 10.1. The van der Waals surface area contributed by atoms with Crippen molar-refractivity contribution in [2.24, 2.45) is 7.05 Å². The van der Waals surface area contributed by atoms with Crippen LogP contribution in [0.4, 0.5) is 8.78 Å². The van der Waals surface area contributed by atoms with Crippen molar-refractivity contribution in [3.8, 4) is 0 Å². The normalized spacial score (nSPS) is 11.1. The highest BCUT2D eigenvalue weighted by molar-refractivity contribution is 7.99. The van der Waals surface area contributed by atoms with Gasteiger partial charge >= 0.3 is 0 Å². The number of fused-ring (bicyclic) bond motifs is 1. The maximum absolute atomic E-state index is 13.6. The smallest absolute Gasteiger partial charge is 0.262 e. The van der Waals surface area contributed by atoms with Crippen molar-refractivity contribution in [2.75, 3.05) is 5.75 Å². The van der Waals surface area contributed by atoms with Crippen molar-refractivity contribution < 1.29 is 13.6 Å². The van der Waals surface area contributed by atoms with Gasteiger partial charge in [0, 0.05) is 7.05 Å². The number of rotatable bonds is 4. The Morgan fingerprint density at radius 2 is 2.13 bits per heavy atom. The molecule has 0 N–H and O–H groups in total. The summed E-state index contributed by atoms with van der Waals surface area (Å²) in [5.41, 5.74) is -0.511. The summed E-state index contributed by atoms with van der Waals surface area (Å²) in [4.78, 5) is 29.1. The van der Waals surface area contributed by atoms with Gasteiger partial charge in [0.15, 0.2) is 10.9 Å². The van der Waals surface area contributed by atoms with Gasteiger partial charge in [-0.05, 0) is 29.6 Å². The van der Waals surface area contributed by atoms with Gasteiger partial charge in [-0.3, -0.25) is 14.2 Å². The number of carbonyl (C=O) groups is 1. The molecule has 0 aliphatic carbocycles. The van der Waals surface area contributed by atoms with Gasteiger partial charge in [-0.1, -0.05) is 11.8 Å². The van der Waals surface area contributed by atoms with Crippen LogP contribution in [0.2, 0.25) is 0 Å². The topological polar surface area (TPSA) is 52.0 Å². The van der Waals surface area contributed by atoms with Crippen LogP contribution in [-0.4, -0.2) is 21.1 Å². The van der Waals surface area contributed by atoms with Gasteiger partial charge in [0.2, 0.25) is 0 Å². The molecule has 0 radical (unpaired) electrons. The van der Waals surface area contributed by atoms with Gasteiger partial charge in [-0.25, -0.2) is 13.8 Å². The van der Waals surface area contributed by atoms with E-state index in [2.05, 4.69) is 4.98 Å². The molecule has 0 atom stereocenters. The summed E-state index contributed by atoms with van der Waals surface area (Å²) >= 11 is 2.34. The van der Waals surface area contributed by atoms with E-state index in [0.29, 0.717) is 15.4 Å². The molecule has 2 aromatic heterocycles. The number of aromatic nitrogens is 2. The Morgan fingerprint density at radius 3 is 2.91 bits per heavy atom. The van der Waals surface area contributed by atoms with Gasteiger partial charge < -0.3 is 0 Å². The molecular formula is C15H10F2N2O2S2. The lowest BCUT2D eigenvalue weighted by Crippen LogP contribution is -2.19. The molecule has 3 aromatic rings. The van der Waals surface area contributed by atoms with Gasteiger partial charge in [-0.2, -0.15) is 0 Å². The first-order valence-corrected chi connectivity index (χ1v) is 8.39. The van der Waals surface area contributed by atoms with Gasteiger partial charge in [-0.15, -0.1) is 11.3 Å². The molecule has 8 heteroatoms. The summed E-state index contributed by atoms with van der Waals surface area (Å²) < 4.78 is 28.1. The highest BCUT2D eigenvalue weighted by atomic mass is 32.2. The fraction of sp³-hybridized carbons (Fsp3) is 0.133. The number of carbonyl (C=O) groups excluding carboxylic acids is 1. The third-order valence-electron chi connectivity index (χ3n) is 3.23. The van der Waals surface area contributed by atoms with E-state index in [1.54, 1.807) is 18.5 Å². The number of thiophene rings is 1. The van der Waals surface area contributed by atoms with Crippen LogP contribution in [-0.2, 0) is 7.05 Å².